The van der Waals surface area contributed by atoms with E-state index in [2.05, 4.69) is 4.98 Å². The zero-order valence-corrected chi connectivity index (χ0v) is 36.0. The number of aromatic hydroxyl groups is 1. The highest BCUT2D eigenvalue weighted by Gasteiger charge is 2.29. The highest BCUT2D eigenvalue weighted by molar-refractivity contribution is 5.97. The molecule has 332 valence electrons. The van der Waals surface area contributed by atoms with Crippen molar-refractivity contribution in [2.24, 2.45) is 0 Å². The van der Waals surface area contributed by atoms with Crippen LogP contribution in [-0.4, -0.2) is 19.6 Å². The summed E-state index contributed by atoms with van der Waals surface area (Å²) < 4.78 is 308. The van der Waals surface area contributed by atoms with Crippen LogP contribution in [0.5, 0.6) is 5.75 Å². The molecule has 4 nitrogen and oxygen atoms in total. The van der Waals surface area contributed by atoms with E-state index in [1.165, 1.54) is 47.0 Å². The number of phenolic OH excluding ortho intramolecular Hbond substituents is 1. The van der Waals surface area contributed by atoms with Gasteiger partial charge in [-0.2, -0.15) is 0 Å². The van der Waals surface area contributed by atoms with E-state index in [0.29, 0.717) is 28.3 Å². The molecule has 0 saturated heterocycles. The molecule has 0 saturated carbocycles. The van der Waals surface area contributed by atoms with Crippen molar-refractivity contribution in [3.63, 3.8) is 0 Å². The van der Waals surface area contributed by atoms with Crippen LogP contribution in [0.1, 0.15) is 178 Å². The second-order valence-corrected chi connectivity index (χ2v) is 17.2. The average molecular weight is 893 g/mol. The molecule has 0 aliphatic rings. The molecule has 2 heterocycles. The van der Waals surface area contributed by atoms with Crippen molar-refractivity contribution in [1.82, 2.24) is 14.5 Å². The summed E-state index contributed by atoms with van der Waals surface area (Å²) in [6.45, 7) is -29.3. The van der Waals surface area contributed by atoms with Gasteiger partial charge >= 0.3 is 0 Å². The lowest BCUT2D eigenvalue weighted by atomic mass is 9.79. The predicted octanol–water partition coefficient (Wildman–Crippen LogP) is 16.8. The highest BCUT2D eigenvalue weighted by atomic mass is 16.3. The summed E-state index contributed by atoms with van der Waals surface area (Å²) in [5, 5.41) is 13.1. The smallest absolute Gasteiger partial charge is 0.149 e. The number of aromatic nitrogens is 3. The molecule has 0 spiro atoms. The Labute approximate surface area is 437 Å². The molecule has 8 aromatic rings. The first-order valence-corrected chi connectivity index (χ1v) is 20.3. The fraction of sp³-hybridized carbons (Fsp3) is 0.311. The Morgan fingerprint density at radius 1 is 0.585 bits per heavy atom. The molecule has 0 radical (unpaired) electrons. The maximum absolute atomic E-state index is 13.1. The van der Waals surface area contributed by atoms with E-state index >= 15 is 0 Å². The quantitative estimate of drug-likeness (QED) is 0.173. The number of benzene rings is 6. The third-order valence-corrected chi connectivity index (χ3v) is 11.0. The first-order chi connectivity index (χ1) is 45.0. The van der Waals surface area contributed by atoms with Crippen LogP contribution in [-0.2, 0) is 21.7 Å². The summed E-state index contributed by atoms with van der Waals surface area (Å²) in [4.78, 5) is 9.29. The van der Waals surface area contributed by atoms with Crippen LogP contribution in [0.2, 0.25) is 0 Å². The van der Waals surface area contributed by atoms with Crippen LogP contribution >= 0.6 is 0 Å². The number of pyridine rings is 1. The van der Waals surface area contributed by atoms with E-state index in [-0.39, 0.29) is 39.5 Å². The van der Waals surface area contributed by atoms with Crippen LogP contribution in [0, 0.1) is 0 Å². The molecule has 0 unspecified atom stereocenters. The summed E-state index contributed by atoms with van der Waals surface area (Å²) in [6.07, 6.45) is -0.953. The molecule has 0 fully saturated rings. The monoisotopic (exact) mass is 893 g/mol. The highest BCUT2D eigenvalue weighted by Crippen LogP contribution is 2.45. The molecular formula is C61H67N3O. The summed E-state index contributed by atoms with van der Waals surface area (Å²) in [7, 11) is 0. The van der Waals surface area contributed by atoms with Gasteiger partial charge in [-0.25, -0.2) is 4.98 Å². The molecule has 0 aliphatic carbocycles. The summed E-state index contributed by atoms with van der Waals surface area (Å²) >= 11 is 0. The van der Waals surface area contributed by atoms with Crippen molar-refractivity contribution in [2.75, 3.05) is 0 Å². The van der Waals surface area contributed by atoms with Gasteiger partial charge in [0.05, 0.1) is 31.9 Å². The molecule has 1 N–H and O–H groups in total. The Kier molecular flexibility index (Phi) is 4.94. The molecule has 0 aliphatic heterocycles. The van der Waals surface area contributed by atoms with Gasteiger partial charge in [0.2, 0.25) is 0 Å². The Morgan fingerprint density at radius 3 is 1.94 bits per heavy atom. The molecule has 0 bridgehead atoms. The van der Waals surface area contributed by atoms with Crippen molar-refractivity contribution >= 4 is 11.0 Å². The number of hydrogen-bond donors (Lipinski definition) is 1. The van der Waals surface area contributed by atoms with Crippen molar-refractivity contribution in [2.45, 2.75) is 124 Å². The molecule has 8 rings (SSSR count). The zero-order chi connectivity index (χ0) is 76.3. The molecule has 0 amide bonds. The number of hydrogen-bond acceptors (Lipinski definition) is 3. The summed E-state index contributed by atoms with van der Waals surface area (Å²) in [5.41, 5.74) is -19.7. The van der Waals surface area contributed by atoms with Crippen molar-refractivity contribution in [1.29, 1.82) is 0 Å². The second-order valence-electron chi connectivity index (χ2n) is 17.2. The molecule has 65 heavy (non-hydrogen) atoms. The third kappa shape index (κ3) is 9.06. The van der Waals surface area contributed by atoms with Gasteiger partial charge in [-0.3, -0.25) is 9.55 Å². The number of rotatable bonds is 7. The van der Waals surface area contributed by atoms with Crippen LogP contribution in [0.15, 0.2) is 139 Å². The van der Waals surface area contributed by atoms with Gasteiger partial charge in [-0.15, -0.1) is 0 Å². The average Bonchev–Trinajstić information content (AvgIpc) is 1.61. The van der Waals surface area contributed by atoms with E-state index in [1.54, 1.807) is 77.1 Å². The lowest BCUT2D eigenvalue weighted by Gasteiger charge is -2.27. The Balaban J connectivity index is 1.60. The minimum Gasteiger partial charge on any atom is -0.507 e. The molecule has 4 heteroatoms. The first kappa shape index (κ1) is 19.3. The number of phenols is 1. The fourth-order valence-electron chi connectivity index (χ4n) is 7.59. The Hall–Kier alpha value is -6.26. The first-order valence-electron chi connectivity index (χ1n) is 37.8. The van der Waals surface area contributed by atoms with Gasteiger partial charge in [0, 0.05) is 66.9 Å². The van der Waals surface area contributed by atoms with Gasteiger partial charge in [0.1, 0.15) is 11.6 Å². The van der Waals surface area contributed by atoms with Crippen LogP contribution in [0.3, 0.4) is 0 Å². The lowest BCUT2D eigenvalue weighted by Crippen LogP contribution is -2.17. The van der Waals surface area contributed by atoms with Crippen molar-refractivity contribution in [3.05, 3.63) is 167 Å². The van der Waals surface area contributed by atoms with Gasteiger partial charge in [-0.05, 0) is 126 Å². The number of nitrogens with zero attached hydrogens (tertiary/aromatic N) is 3. The van der Waals surface area contributed by atoms with Crippen LogP contribution in [0.4, 0.5) is 0 Å². The maximum atomic E-state index is 13.1. The molecular weight excluding hydrogens is 791 g/mol. The Bertz CT molecular complexity index is 4380. The SMILES string of the molecule is [2H]c1nc(-c2cc(-c3cccc4c3nc(-c3cc(C(C([2H])([2H])[2H])(C([2H])([2H])[2H])C([2H])([2H])[2H])cc(C(C([2H])([2H])[2H])(C([2H])([2H])[2H])C([2H])([2H])[2H])c3O)n4-c3ccc(-c4ccccc4)c(C([2H])(C)C)c3)cc(C(C)(C)C)c2)c([2H])c(-c2c([2H])c([2H])c(C(C([2H])([2H])[2H])(C([2H])([2H])[2H])C([2H])([2H])[2H])c([2H])c2[2H])c1[2H]. The fourth-order valence-corrected chi connectivity index (χ4v) is 7.59. The van der Waals surface area contributed by atoms with Crippen molar-refractivity contribution < 1.29 is 53.1 Å². The minimum atomic E-state index is -4.31. The Morgan fingerprint density at radius 2 is 1.26 bits per heavy atom. The van der Waals surface area contributed by atoms with Gasteiger partial charge < -0.3 is 5.11 Å². The standard InChI is InChI=1S/C61H67N3O/c1-38(2)50-37-47(27-28-48(50)40-19-16-15-17-20-40)64-54-22-18-21-49(55(54)63-57(64)51-35-46(60(9,10)11)36-52(56(51)65)61(12,13)14)42-31-43(33-45(32-42)59(6,7)8)53-34-41(29-30-62-53)39-23-25-44(26-24-39)58(3,4)5/h15-38,65H,1-14H3/i3D3,4D3,5D3,9D3,10D3,11D3,12D3,13D3,14D3,23D,24D,25D,26D,29D,30D,34D,38D. The number of fused-ring (bicyclic) bond motifs is 1. The minimum absolute atomic E-state index is 0.000211. The lowest BCUT2D eigenvalue weighted by molar-refractivity contribution is 0.446. The summed E-state index contributed by atoms with van der Waals surface area (Å²) in [5.74, 6) is -3.75. The topological polar surface area (TPSA) is 50.9 Å². The number of imidazole rings is 1. The normalized spacial score (nSPS) is 22.4. The van der Waals surface area contributed by atoms with E-state index in [0.717, 1.165) is 0 Å². The van der Waals surface area contributed by atoms with Gasteiger partial charge in [0.15, 0.2) is 0 Å². The maximum Gasteiger partial charge on any atom is 0.149 e. The van der Waals surface area contributed by atoms with Crippen LogP contribution < -0.4 is 0 Å². The molecule has 6 aromatic carbocycles. The largest absolute Gasteiger partial charge is 0.507 e. The molecule has 2 aromatic heterocycles. The van der Waals surface area contributed by atoms with E-state index in [4.69, 9.17) is 47.5 Å². The van der Waals surface area contributed by atoms with Gasteiger partial charge in [-0.1, -0.05) is 181 Å². The van der Waals surface area contributed by atoms with Gasteiger partial charge in [0.25, 0.3) is 0 Å². The van der Waals surface area contributed by atoms with E-state index < -0.39 is 182 Å². The molecule has 0 atom stereocenters. The van der Waals surface area contributed by atoms with E-state index in [9.17, 15) is 10.6 Å². The van der Waals surface area contributed by atoms with Crippen molar-refractivity contribution in [3.8, 4) is 67.5 Å². The summed E-state index contributed by atoms with van der Waals surface area (Å²) in [6, 6.07) is 15.5. The number of para-hydroxylation sites is 1. The van der Waals surface area contributed by atoms with Crippen LogP contribution in [0.25, 0.3) is 72.7 Å². The third-order valence-electron chi connectivity index (χ3n) is 11.0. The predicted molar refractivity (Wildman–Crippen MR) is 277 cm³/mol. The zero-order valence-electron chi connectivity index (χ0n) is 71.0. The van der Waals surface area contributed by atoms with E-state index in [1.807, 2.05) is 0 Å². The second kappa shape index (κ2) is 16.6.